The van der Waals surface area contributed by atoms with Gasteiger partial charge in [0.05, 0.1) is 22.0 Å². The molecular weight excluding hydrogens is 479 g/mol. The number of carbonyl (C=O) groups excluding carboxylic acids is 1. The van der Waals surface area contributed by atoms with Gasteiger partial charge in [0.25, 0.3) is 0 Å². The molecule has 8 heteroatoms. The van der Waals surface area contributed by atoms with Crippen LogP contribution in [-0.2, 0) is 20.2 Å². The second-order valence-electron chi connectivity index (χ2n) is 10.2. The molecule has 2 aromatic rings. The van der Waals surface area contributed by atoms with Gasteiger partial charge in [-0.3, -0.25) is 9.10 Å². The first-order valence-corrected chi connectivity index (χ1v) is 14.0. The highest BCUT2D eigenvalue weighted by molar-refractivity contribution is 7.92. The molecule has 4 aliphatic rings. The lowest BCUT2D eigenvalue weighted by molar-refractivity contribution is -0.114. The lowest BCUT2D eigenvalue weighted by Gasteiger charge is -2.57. The number of rotatable bonds is 6. The van der Waals surface area contributed by atoms with E-state index in [1.165, 1.54) is 50.2 Å². The molecular formula is C25H28Cl2N2O3S. The Balaban J connectivity index is 1.34. The molecule has 0 heterocycles. The normalized spacial score (nSPS) is 28.0. The lowest BCUT2D eigenvalue weighted by Crippen LogP contribution is -2.48. The van der Waals surface area contributed by atoms with Crippen molar-refractivity contribution >= 4 is 50.5 Å². The Hall–Kier alpha value is -1.76. The van der Waals surface area contributed by atoms with Crippen molar-refractivity contribution in [3.63, 3.8) is 0 Å². The number of sulfonamides is 1. The Morgan fingerprint density at radius 1 is 0.970 bits per heavy atom. The largest absolute Gasteiger partial charge is 0.324 e. The second kappa shape index (κ2) is 8.47. The van der Waals surface area contributed by atoms with Crippen LogP contribution in [0.25, 0.3) is 0 Å². The zero-order valence-corrected chi connectivity index (χ0v) is 20.9. The number of amides is 1. The predicted octanol–water partition coefficient (Wildman–Crippen LogP) is 5.87. The van der Waals surface area contributed by atoms with Crippen LogP contribution in [0, 0.1) is 17.8 Å². The topological polar surface area (TPSA) is 66.5 Å². The monoisotopic (exact) mass is 506 g/mol. The first kappa shape index (κ1) is 23.0. The maximum Gasteiger partial charge on any atom is 0.245 e. The van der Waals surface area contributed by atoms with Crippen molar-refractivity contribution in [3.05, 3.63) is 58.1 Å². The third-order valence-corrected chi connectivity index (χ3v) is 9.58. The van der Waals surface area contributed by atoms with Crippen LogP contribution in [0.3, 0.4) is 0 Å². The van der Waals surface area contributed by atoms with E-state index < -0.39 is 15.9 Å². The molecule has 0 spiro atoms. The van der Waals surface area contributed by atoms with Gasteiger partial charge in [0, 0.05) is 5.69 Å². The van der Waals surface area contributed by atoms with Gasteiger partial charge < -0.3 is 5.32 Å². The molecule has 0 unspecified atom stereocenters. The zero-order chi connectivity index (χ0) is 23.4. The minimum Gasteiger partial charge on any atom is -0.324 e. The summed E-state index contributed by atoms with van der Waals surface area (Å²) < 4.78 is 26.2. The van der Waals surface area contributed by atoms with Crippen molar-refractivity contribution in [2.75, 3.05) is 22.4 Å². The van der Waals surface area contributed by atoms with E-state index in [9.17, 15) is 13.2 Å². The smallest absolute Gasteiger partial charge is 0.245 e. The van der Waals surface area contributed by atoms with Gasteiger partial charge in [-0.25, -0.2) is 8.42 Å². The molecule has 6 rings (SSSR count). The van der Waals surface area contributed by atoms with E-state index in [1.54, 1.807) is 12.1 Å². The van der Waals surface area contributed by atoms with Gasteiger partial charge in [-0.2, -0.15) is 0 Å². The average molecular weight is 507 g/mol. The SMILES string of the molecule is CS(=O)(=O)N(CC(=O)Nc1ccc(Cl)c(Cl)c1)c1ccc(C23CC4CC(CC(C4)C2)C3)cc1. The zero-order valence-electron chi connectivity index (χ0n) is 18.6. The van der Waals surface area contributed by atoms with E-state index >= 15 is 0 Å². The summed E-state index contributed by atoms with van der Waals surface area (Å²) in [7, 11) is -3.65. The first-order chi connectivity index (χ1) is 15.6. The van der Waals surface area contributed by atoms with Gasteiger partial charge in [-0.15, -0.1) is 0 Å². The van der Waals surface area contributed by atoms with Crippen LogP contribution in [-0.4, -0.2) is 27.1 Å². The standard InChI is InChI=1S/C25H28Cl2N2O3S/c1-33(31,32)29(15-24(30)28-20-4-7-22(26)23(27)11-20)21-5-2-19(3-6-21)25-12-16-8-17(13-25)10-18(9-16)14-25/h2-7,11,16-18H,8-10,12-15H2,1H3,(H,28,30). The number of halogens is 2. The number of hydrogen-bond acceptors (Lipinski definition) is 3. The third kappa shape index (κ3) is 4.62. The minimum absolute atomic E-state index is 0.244. The predicted molar refractivity (Wildman–Crippen MR) is 134 cm³/mol. The third-order valence-electron chi connectivity index (χ3n) is 7.70. The molecule has 5 nitrogen and oxygen atoms in total. The summed E-state index contributed by atoms with van der Waals surface area (Å²) in [6.45, 7) is -0.324. The van der Waals surface area contributed by atoms with Crippen molar-refractivity contribution < 1.29 is 13.2 Å². The molecule has 0 saturated heterocycles. The summed E-state index contributed by atoms with van der Waals surface area (Å²) in [5.41, 5.74) is 2.52. The first-order valence-electron chi connectivity index (χ1n) is 11.4. The molecule has 4 bridgehead atoms. The van der Waals surface area contributed by atoms with Gasteiger partial charge in [-0.1, -0.05) is 35.3 Å². The van der Waals surface area contributed by atoms with Gasteiger partial charge in [0.2, 0.25) is 15.9 Å². The van der Waals surface area contributed by atoms with Crippen LogP contribution >= 0.6 is 23.2 Å². The van der Waals surface area contributed by atoms with E-state index in [0.29, 0.717) is 21.4 Å². The molecule has 1 N–H and O–H groups in total. The summed E-state index contributed by atoms with van der Waals surface area (Å²) in [5.74, 6) is 2.07. The number of anilines is 2. The van der Waals surface area contributed by atoms with Crippen LogP contribution in [0.4, 0.5) is 11.4 Å². The fourth-order valence-corrected chi connectivity index (χ4v) is 7.90. The van der Waals surface area contributed by atoms with E-state index in [4.69, 9.17) is 23.2 Å². The van der Waals surface area contributed by atoms with Crippen molar-refractivity contribution in [2.45, 2.75) is 43.9 Å². The van der Waals surface area contributed by atoms with Crippen LogP contribution < -0.4 is 9.62 Å². The number of nitrogens with one attached hydrogen (secondary N) is 1. The van der Waals surface area contributed by atoms with Crippen LogP contribution in [0.2, 0.25) is 10.0 Å². The van der Waals surface area contributed by atoms with Crippen molar-refractivity contribution in [2.24, 2.45) is 17.8 Å². The van der Waals surface area contributed by atoms with E-state index in [2.05, 4.69) is 17.4 Å². The maximum absolute atomic E-state index is 12.6. The highest BCUT2D eigenvalue weighted by atomic mass is 35.5. The Labute approximate surface area is 205 Å². The molecule has 1 amide bonds. The second-order valence-corrected chi connectivity index (χ2v) is 12.9. The number of hydrogen-bond donors (Lipinski definition) is 1. The Morgan fingerprint density at radius 3 is 2.06 bits per heavy atom. The number of carbonyl (C=O) groups is 1. The average Bonchev–Trinajstić information content (AvgIpc) is 2.73. The van der Waals surface area contributed by atoms with Crippen LogP contribution in [0.15, 0.2) is 42.5 Å². The molecule has 0 atom stereocenters. The molecule has 0 radical (unpaired) electrons. The molecule has 4 fully saturated rings. The Bertz CT molecular complexity index is 1150. The highest BCUT2D eigenvalue weighted by Crippen LogP contribution is 2.60. The van der Waals surface area contributed by atoms with Gasteiger partial charge in [-0.05, 0) is 97.6 Å². The molecule has 4 aliphatic carbocycles. The molecule has 33 heavy (non-hydrogen) atoms. The fraction of sp³-hybridized carbons (Fsp3) is 0.480. The summed E-state index contributed by atoms with van der Waals surface area (Å²) in [4.78, 5) is 12.6. The van der Waals surface area contributed by atoms with Crippen molar-refractivity contribution in [1.82, 2.24) is 0 Å². The summed E-state index contributed by atoms with van der Waals surface area (Å²) in [6, 6.07) is 12.6. The van der Waals surface area contributed by atoms with Crippen molar-refractivity contribution in [3.8, 4) is 0 Å². The van der Waals surface area contributed by atoms with Crippen LogP contribution in [0.5, 0.6) is 0 Å². The van der Waals surface area contributed by atoms with Crippen LogP contribution in [0.1, 0.15) is 44.1 Å². The fourth-order valence-electron chi connectivity index (χ4n) is 6.75. The van der Waals surface area contributed by atoms with Gasteiger partial charge >= 0.3 is 0 Å². The van der Waals surface area contributed by atoms with Gasteiger partial charge in [0.1, 0.15) is 6.54 Å². The summed E-state index contributed by atoms with van der Waals surface area (Å²) >= 11 is 11.9. The maximum atomic E-state index is 12.6. The van der Waals surface area contributed by atoms with E-state index in [-0.39, 0.29) is 12.0 Å². The van der Waals surface area contributed by atoms with E-state index in [0.717, 1.165) is 28.3 Å². The molecule has 176 valence electrons. The number of nitrogens with zero attached hydrogens (tertiary/aromatic N) is 1. The molecule has 0 aliphatic heterocycles. The Morgan fingerprint density at radius 2 is 1.55 bits per heavy atom. The molecule has 0 aromatic heterocycles. The highest BCUT2D eigenvalue weighted by Gasteiger charge is 2.51. The molecule has 2 aromatic carbocycles. The molecule has 4 saturated carbocycles. The van der Waals surface area contributed by atoms with Gasteiger partial charge in [0.15, 0.2) is 0 Å². The van der Waals surface area contributed by atoms with Crippen molar-refractivity contribution in [1.29, 1.82) is 0 Å². The van der Waals surface area contributed by atoms with E-state index in [1.807, 2.05) is 12.1 Å². The number of benzene rings is 2. The lowest BCUT2D eigenvalue weighted by atomic mass is 9.48. The minimum atomic E-state index is -3.65. The quantitative estimate of drug-likeness (QED) is 0.532. The Kier molecular flexibility index (Phi) is 5.91. The summed E-state index contributed by atoms with van der Waals surface area (Å²) in [6.07, 6.45) is 9.01. The summed E-state index contributed by atoms with van der Waals surface area (Å²) in [5, 5.41) is 3.39.